The third-order valence-corrected chi connectivity index (χ3v) is 3.87. The zero-order chi connectivity index (χ0) is 10.4. The Balaban J connectivity index is 2.73. The normalized spacial score (nSPS) is 12.8. The molecule has 1 atom stereocenters. The van der Waals surface area contributed by atoms with Gasteiger partial charge in [0.15, 0.2) is 0 Å². The van der Waals surface area contributed by atoms with Crippen molar-refractivity contribution in [2.45, 2.75) is 5.25 Å². The van der Waals surface area contributed by atoms with Crippen LogP contribution in [0, 0.1) is 0 Å². The number of halogens is 1. The minimum Gasteiger partial charge on any atom is -0.396 e. The Labute approximate surface area is 97.0 Å². The summed E-state index contributed by atoms with van der Waals surface area (Å²) < 4.78 is 1.08. The van der Waals surface area contributed by atoms with E-state index in [2.05, 4.69) is 22.0 Å². The summed E-state index contributed by atoms with van der Waals surface area (Å²) >= 11 is 5.18. The molecule has 78 valence electrons. The zero-order valence-corrected chi connectivity index (χ0v) is 10.2. The van der Waals surface area contributed by atoms with Gasteiger partial charge in [0.2, 0.25) is 0 Å². The van der Waals surface area contributed by atoms with Crippen LogP contribution < -0.4 is 5.73 Å². The van der Waals surface area contributed by atoms with Crippen molar-refractivity contribution in [2.24, 2.45) is 5.73 Å². The van der Waals surface area contributed by atoms with Gasteiger partial charge in [-0.3, -0.25) is 0 Å². The maximum atomic E-state index is 8.75. The second kappa shape index (κ2) is 6.45. The number of aliphatic hydroxyl groups excluding tert-OH is 1. The molecule has 1 aromatic rings. The number of aliphatic hydroxyl groups is 1. The average molecular weight is 276 g/mol. The Bertz CT molecular complexity index is 283. The molecule has 14 heavy (non-hydrogen) atoms. The van der Waals surface area contributed by atoms with Gasteiger partial charge in [0.05, 0.1) is 6.61 Å². The molecule has 4 heteroatoms. The maximum Gasteiger partial charge on any atom is 0.0521 e. The van der Waals surface area contributed by atoms with Crippen molar-refractivity contribution in [3.8, 4) is 0 Å². The van der Waals surface area contributed by atoms with E-state index in [0.29, 0.717) is 6.54 Å². The van der Waals surface area contributed by atoms with E-state index < -0.39 is 0 Å². The summed E-state index contributed by atoms with van der Waals surface area (Å²) in [5.74, 6) is 0.725. The first kappa shape index (κ1) is 12.0. The van der Waals surface area contributed by atoms with Gasteiger partial charge in [-0.05, 0) is 11.6 Å². The van der Waals surface area contributed by atoms with Crippen molar-refractivity contribution in [3.63, 3.8) is 0 Å². The zero-order valence-electron chi connectivity index (χ0n) is 7.82. The molecule has 0 spiro atoms. The maximum absolute atomic E-state index is 8.75. The number of nitrogens with two attached hydrogens (primary N) is 1. The summed E-state index contributed by atoms with van der Waals surface area (Å²) in [7, 11) is 0. The Kier molecular flexibility index (Phi) is 5.55. The lowest BCUT2D eigenvalue weighted by molar-refractivity contribution is 0.322. The topological polar surface area (TPSA) is 46.2 Å². The Hall–Kier alpha value is -0.0300. The summed E-state index contributed by atoms with van der Waals surface area (Å²) in [6, 6.07) is 8.06. The highest BCUT2D eigenvalue weighted by atomic mass is 79.9. The second-order valence-corrected chi connectivity index (χ2v) is 5.01. The highest BCUT2D eigenvalue weighted by molar-refractivity contribution is 9.10. The van der Waals surface area contributed by atoms with Crippen LogP contribution in [0.2, 0.25) is 0 Å². The quantitative estimate of drug-likeness (QED) is 0.866. The monoisotopic (exact) mass is 275 g/mol. The van der Waals surface area contributed by atoms with Crippen LogP contribution >= 0.6 is 27.7 Å². The predicted molar refractivity (Wildman–Crippen MR) is 65.5 cm³/mol. The lowest BCUT2D eigenvalue weighted by Gasteiger charge is -2.15. The van der Waals surface area contributed by atoms with Crippen molar-refractivity contribution in [1.82, 2.24) is 0 Å². The molecular weight excluding hydrogens is 262 g/mol. The van der Waals surface area contributed by atoms with Gasteiger partial charge >= 0.3 is 0 Å². The molecule has 0 aliphatic carbocycles. The first-order chi connectivity index (χ1) is 6.79. The highest BCUT2D eigenvalue weighted by Gasteiger charge is 2.12. The van der Waals surface area contributed by atoms with E-state index in [1.165, 1.54) is 5.56 Å². The number of rotatable bonds is 5. The van der Waals surface area contributed by atoms with Crippen LogP contribution in [0.15, 0.2) is 28.7 Å². The van der Waals surface area contributed by atoms with E-state index in [4.69, 9.17) is 10.8 Å². The molecule has 1 unspecified atom stereocenters. The lowest BCUT2D eigenvalue weighted by atomic mass is 10.1. The first-order valence-electron chi connectivity index (χ1n) is 4.46. The third kappa shape index (κ3) is 3.28. The summed E-state index contributed by atoms with van der Waals surface area (Å²) in [4.78, 5) is 0. The van der Waals surface area contributed by atoms with Crippen LogP contribution in [0.5, 0.6) is 0 Å². The molecule has 3 N–H and O–H groups in total. The largest absolute Gasteiger partial charge is 0.396 e. The molecule has 0 fully saturated rings. The molecule has 0 saturated carbocycles. The van der Waals surface area contributed by atoms with Gasteiger partial charge in [-0.2, -0.15) is 11.8 Å². The molecule has 0 bridgehead atoms. The number of hydrogen-bond acceptors (Lipinski definition) is 3. The number of hydrogen-bond donors (Lipinski definition) is 2. The van der Waals surface area contributed by atoms with Gasteiger partial charge < -0.3 is 10.8 Å². The number of benzene rings is 1. The molecule has 0 radical (unpaired) electrons. The molecule has 1 aromatic carbocycles. The Morgan fingerprint density at radius 1 is 1.43 bits per heavy atom. The Morgan fingerprint density at radius 3 is 2.71 bits per heavy atom. The number of thioether (sulfide) groups is 1. The van der Waals surface area contributed by atoms with E-state index in [9.17, 15) is 0 Å². The molecule has 2 nitrogen and oxygen atoms in total. The fraction of sp³-hybridized carbons (Fsp3) is 0.400. The van der Waals surface area contributed by atoms with Crippen LogP contribution in [0.4, 0.5) is 0 Å². The molecule has 0 aromatic heterocycles. The van der Waals surface area contributed by atoms with Crippen molar-refractivity contribution in [1.29, 1.82) is 0 Å². The predicted octanol–water partition coefficient (Wildman–Crippen LogP) is 2.17. The van der Waals surface area contributed by atoms with Crippen LogP contribution in [0.25, 0.3) is 0 Å². The highest BCUT2D eigenvalue weighted by Crippen LogP contribution is 2.32. The minimum absolute atomic E-state index is 0.200. The van der Waals surface area contributed by atoms with Gasteiger partial charge in [-0.15, -0.1) is 0 Å². The van der Waals surface area contributed by atoms with Gasteiger partial charge in [0, 0.05) is 22.0 Å². The summed E-state index contributed by atoms with van der Waals surface area (Å²) in [5.41, 5.74) is 6.89. The molecule has 1 rings (SSSR count). The summed E-state index contributed by atoms with van der Waals surface area (Å²) in [6.45, 7) is 0.791. The van der Waals surface area contributed by atoms with Crippen LogP contribution in [-0.4, -0.2) is 24.0 Å². The van der Waals surface area contributed by atoms with Crippen LogP contribution in [0.1, 0.15) is 10.8 Å². The molecule has 0 aliphatic heterocycles. The second-order valence-electron chi connectivity index (χ2n) is 2.84. The minimum atomic E-state index is 0.200. The fourth-order valence-corrected chi connectivity index (χ4v) is 2.84. The van der Waals surface area contributed by atoms with Gasteiger partial charge in [-0.25, -0.2) is 0 Å². The first-order valence-corrected chi connectivity index (χ1v) is 6.30. The summed E-state index contributed by atoms with van der Waals surface area (Å²) in [5, 5.41) is 9.02. The lowest BCUT2D eigenvalue weighted by Crippen LogP contribution is -2.11. The summed E-state index contributed by atoms with van der Waals surface area (Å²) in [6.07, 6.45) is 0. The van der Waals surface area contributed by atoms with Crippen LogP contribution in [0.3, 0.4) is 0 Å². The van der Waals surface area contributed by atoms with E-state index in [1.807, 2.05) is 18.2 Å². The molecule has 0 saturated heterocycles. The van der Waals surface area contributed by atoms with Crippen LogP contribution in [-0.2, 0) is 0 Å². The Morgan fingerprint density at radius 2 is 2.14 bits per heavy atom. The van der Waals surface area contributed by atoms with Crippen molar-refractivity contribution >= 4 is 27.7 Å². The van der Waals surface area contributed by atoms with Crippen molar-refractivity contribution in [3.05, 3.63) is 34.3 Å². The average Bonchev–Trinajstić information content (AvgIpc) is 2.21. The van der Waals surface area contributed by atoms with E-state index >= 15 is 0 Å². The molecular formula is C10H14BrNOS. The van der Waals surface area contributed by atoms with Gasteiger partial charge in [-0.1, -0.05) is 34.1 Å². The molecule has 0 aliphatic rings. The SMILES string of the molecule is NCC(SCCO)c1ccccc1Br. The third-order valence-electron chi connectivity index (χ3n) is 1.88. The fourth-order valence-electron chi connectivity index (χ4n) is 1.22. The molecule has 0 heterocycles. The standard InChI is InChI=1S/C10H14BrNOS/c11-9-4-2-1-3-8(9)10(7-12)14-6-5-13/h1-4,10,13H,5-7,12H2. The smallest absolute Gasteiger partial charge is 0.0521 e. The van der Waals surface area contributed by atoms with E-state index in [-0.39, 0.29) is 11.9 Å². The van der Waals surface area contributed by atoms with Crippen molar-refractivity contribution < 1.29 is 5.11 Å². The van der Waals surface area contributed by atoms with Gasteiger partial charge in [0.1, 0.15) is 0 Å². The van der Waals surface area contributed by atoms with Gasteiger partial charge in [0.25, 0.3) is 0 Å². The van der Waals surface area contributed by atoms with E-state index in [1.54, 1.807) is 11.8 Å². The van der Waals surface area contributed by atoms with Crippen molar-refractivity contribution in [2.75, 3.05) is 18.9 Å². The molecule has 0 amide bonds. The van der Waals surface area contributed by atoms with E-state index in [0.717, 1.165) is 10.2 Å².